The highest BCUT2D eigenvalue weighted by molar-refractivity contribution is 5.94. The molecule has 2 amide bonds. The number of methoxy groups -OCH3 is 1. The van der Waals surface area contributed by atoms with E-state index in [2.05, 4.69) is 20.2 Å². The topological polar surface area (TPSA) is 87.7 Å². The van der Waals surface area contributed by atoms with Gasteiger partial charge in [-0.1, -0.05) is 18.2 Å². The second kappa shape index (κ2) is 10.3. The molecule has 166 valence electrons. The Morgan fingerprint density at radius 2 is 1.94 bits per heavy atom. The molecule has 1 fully saturated rings. The number of carbonyl (C=O) groups is 2. The van der Waals surface area contributed by atoms with Gasteiger partial charge >= 0.3 is 0 Å². The van der Waals surface area contributed by atoms with E-state index in [1.54, 1.807) is 32.3 Å². The van der Waals surface area contributed by atoms with Gasteiger partial charge in [-0.3, -0.25) is 14.5 Å². The van der Waals surface area contributed by atoms with Crippen molar-refractivity contribution in [3.63, 3.8) is 0 Å². The zero-order valence-electron chi connectivity index (χ0n) is 18.7. The van der Waals surface area contributed by atoms with E-state index >= 15 is 0 Å². The molecule has 0 aliphatic carbocycles. The van der Waals surface area contributed by atoms with Crippen molar-refractivity contribution in [1.29, 1.82) is 0 Å². The molecule has 1 aliphatic rings. The van der Waals surface area contributed by atoms with Gasteiger partial charge in [0.2, 0.25) is 5.91 Å². The van der Waals surface area contributed by atoms with Crippen LogP contribution in [0.25, 0.3) is 0 Å². The Morgan fingerprint density at radius 1 is 1.23 bits per heavy atom. The van der Waals surface area contributed by atoms with Crippen LogP contribution in [-0.2, 0) is 11.3 Å². The molecule has 0 unspecified atom stereocenters. The lowest BCUT2D eigenvalue weighted by molar-refractivity contribution is -0.130. The minimum atomic E-state index is -0.202. The average Bonchev–Trinajstić information content (AvgIpc) is 2.78. The van der Waals surface area contributed by atoms with Crippen LogP contribution in [0.4, 0.5) is 0 Å². The summed E-state index contributed by atoms with van der Waals surface area (Å²) < 4.78 is 5.33. The number of nitrogens with one attached hydrogen (secondary N) is 1. The lowest BCUT2D eigenvalue weighted by atomic mass is 9.95. The summed E-state index contributed by atoms with van der Waals surface area (Å²) in [6, 6.07) is 7.59. The molecular weight excluding hydrogens is 394 g/mol. The summed E-state index contributed by atoms with van der Waals surface area (Å²) in [5.74, 6) is 1.68. The van der Waals surface area contributed by atoms with E-state index in [-0.39, 0.29) is 17.7 Å². The van der Waals surface area contributed by atoms with E-state index in [1.165, 1.54) is 0 Å². The normalized spacial score (nSPS) is 14.8. The maximum Gasteiger partial charge on any atom is 0.254 e. The number of hydrogen-bond acceptors (Lipinski definition) is 6. The summed E-state index contributed by atoms with van der Waals surface area (Å²) in [6.07, 6.45) is 3.43. The Balaban J connectivity index is 1.57. The number of aryl methyl sites for hydroxylation is 1. The molecule has 2 heterocycles. The Bertz CT molecular complexity index is 923. The first-order valence-corrected chi connectivity index (χ1v) is 10.5. The first-order chi connectivity index (χ1) is 14.9. The van der Waals surface area contributed by atoms with Gasteiger partial charge in [0.25, 0.3) is 5.91 Å². The van der Waals surface area contributed by atoms with Crippen molar-refractivity contribution < 1.29 is 14.3 Å². The van der Waals surface area contributed by atoms with Gasteiger partial charge in [-0.2, -0.15) is 0 Å². The van der Waals surface area contributed by atoms with Crippen molar-refractivity contribution in [2.24, 2.45) is 0 Å². The van der Waals surface area contributed by atoms with Crippen LogP contribution in [0.15, 0.2) is 30.5 Å². The van der Waals surface area contributed by atoms with Crippen LogP contribution in [-0.4, -0.2) is 72.4 Å². The number of benzene rings is 1. The minimum Gasteiger partial charge on any atom is -0.496 e. The molecule has 8 nitrogen and oxygen atoms in total. The van der Waals surface area contributed by atoms with Crippen LogP contribution < -0.4 is 10.1 Å². The van der Waals surface area contributed by atoms with Crippen molar-refractivity contribution in [2.45, 2.75) is 32.2 Å². The van der Waals surface area contributed by atoms with E-state index in [0.29, 0.717) is 24.3 Å². The number of likely N-dealkylation sites (N-methyl/N-ethyl adjacent to an activating group) is 1. The molecule has 0 bridgehead atoms. The molecule has 8 heteroatoms. The van der Waals surface area contributed by atoms with Crippen LogP contribution in [0.1, 0.15) is 46.2 Å². The average molecular weight is 426 g/mol. The van der Waals surface area contributed by atoms with E-state index in [0.717, 1.165) is 43.1 Å². The number of carbonyl (C=O) groups excluding carboxylic acids is 2. The molecule has 1 aromatic carbocycles. The van der Waals surface area contributed by atoms with Crippen LogP contribution in [0, 0.1) is 6.92 Å². The summed E-state index contributed by atoms with van der Waals surface area (Å²) in [6.45, 7) is 4.34. The summed E-state index contributed by atoms with van der Waals surface area (Å²) in [4.78, 5) is 37.5. The summed E-state index contributed by atoms with van der Waals surface area (Å²) in [5, 5.41) is 2.92. The minimum absolute atomic E-state index is 0.119. The van der Waals surface area contributed by atoms with E-state index in [1.807, 2.05) is 31.2 Å². The maximum atomic E-state index is 12.7. The van der Waals surface area contributed by atoms with E-state index in [9.17, 15) is 9.59 Å². The fraction of sp³-hybridized carbons (Fsp3) is 0.478. The second-order valence-electron chi connectivity index (χ2n) is 8.06. The highest BCUT2D eigenvalue weighted by atomic mass is 16.5. The molecule has 0 saturated carbocycles. The Hall–Kier alpha value is -3.00. The lowest BCUT2D eigenvalue weighted by Gasteiger charge is -2.31. The number of hydrogen-bond donors (Lipinski definition) is 1. The smallest absolute Gasteiger partial charge is 0.254 e. The Labute approximate surface area is 183 Å². The predicted molar refractivity (Wildman–Crippen MR) is 118 cm³/mol. The Kier molecular flexibility index (Phi) is 7.57. The standard InChI is InChI=1S/C23H31N5O3/c1-16-19(23(30)25-13-18-7-5-6-8-20(18)31-4)14-24-22(26-16)17-9-11-28(12-10-17)15-21(29)27(2)3/h5-8,14,17H,9-13,15H2,1-4H3,(H,25,30). The fourth-order valence-corrected chi connectivity index (χ4v) is 3.71. The van der Waals surface area contributed by atoms with Crippen molar-refractivity contribution in [1.82, 2.24) is 25.1 Å². The highest BCUT2D eigenvalue weighted by Crippen LogP contribution is 2.26. The zero-order valence-corrected chi connectivity index (χ0v) is 18.7. The fourth-order valence-electron chi connectivity index (χ4n) is 3.71. The quantitative estimate of drug-likeness (QED) is 0.730. The van der Waals surface area contributed by atoms with Gasteiger partial charge in [0, 0.05) is 38.3 Å². The predicted octanol–water partition coefficient (Wildman–Crippen LogP) is 1.99. The second-order valence-corrected chi connectivity index (χ2v) is 8.06. The third-order valence-electron chi connectivity index (χ3n) is 5.68. The number of amides is 2. The maximum absolute atomic E-state index is 12.7. The van der Waals surface area contributed by atoms with Crippen molar-refractivity contribution in [2.75, 3.05) is 40.8 Å². The van der Waals surface area contributed by atoms with Gasteiger partial charge < -0.3 is 15.0 Å². The SMILES string of the molecule is COc1ccccc1CNC(=O)c1cnc(C2CCN(CC(=O)N(C)C)CC2)nc1C. The number of rotatable bonds is 7. The van der Waals surface area contributed by atoms with Crippen molar-refractivity contribution >= 4 is 11.8 Å². The van der Waals surface area contributed by atoms with Crippen LogP contribution >= 0.6 is 0 Å². The van der Waals surface area contributed by atoms with Crippen LogP contribution in [0.2, 0.25) is 0 Å². The lowest BCUT2D eigenvalue weighted by Crippen LogP contribution is -2.41. The van der Waals surface area contributed by atoms with Crippen LogP contribution in [0.3, 0.4) is 0 Å². The van der Waals surface area contributed by atoms with Gasteiger partial charge in [-0.05, 0) is 38.9 Å². The number of likely N-dealkylation sites (tertiary alicyclic amines) is 1. The summed E-state index contributed by atoms with van der Waals surface area (Å²) in [5.41, 5.74) is 2.06. The molecule has 0 spiro atoms. The number of para-hydroxylation sites is 1. The molecule has 2 aromatic rings. The molecule has 3 rings (SSSR count). The van der Waals surface area contributed by atoms with Crippen molar-refractivity contribution in [3.05, 3.63) is 53.1 Å². The first-order valence-electron chi connectivity index (χ1n) is 10.5. The number of piperidine rings is 1. The number of ether oxygens (including phenoxy) is 1. The third kappa shape index (κ3) is 5.79. The molecule has 0 radical (unpaired) electrons. The third-order valence-corrected chi connectivity index (χ3v) is 5.68. The molecule has 1 aromatic heterocycles. The largest absolute Gasteiger partial charge is 0.496 e. The summed E-state index contributed by atoms with van der Waals surface area (Å²) in [7, 11) is 5.17. The molecule has 31 heavy (non-hydrogen) atoms. The van der Waals surface area contributed by atoms with Gasteiger partial charge in [0.15, 0.2) is 0 Å². The van der Waals surface area contributed by atoms with Gasteiger partial charge in [-0.15, -0.1) is 0 Å². The Morgan fingerprint density at radius 3 is 2.58 bits per heavy atom. The zero-order chi connectivity index (χ0) is 22.4. The van der Waals surface area contributed by atoms with Gasteiger partial charge in [0.1, 0.15) is 11.6 Å². The van der Waals surface area contributed by atoms with Crippen molar-refractivity contribution in [3.8, 4) is 5.75 Å². The number of aromatic nitrogens is 2. The first kappa shape index (κ1) is 22.7. The molecule has 1 N–H and O–H groups in total. The molecule has 1 saturated heterocycles. The summed E-state index contributed by atoms with van der Waals surface area (Å²) >= 11 is 0. The molecule has 1 aliphatic heterocycles. The monoisotopic (exact) mass is 425 g/mol. The molecule has 0 atom stereocenters. The van der Waals surface area contributed by atoms with E-state index in [4.69, 9.17) is 4.74 Å². The molecular formula is C23H31N5O3. The van der Waals surface area contributed by atoms with Gasteiger partial charge in [0.05, 0.1) is 24.9 Å². The van der Waals surface area contributed by atoms with Crippen LogP contribution in [0.5, 0.6) is 5.75 Å². The number of nitrogens with zero attached hydrogens (tertiary/aromatic N) is 4. The van der Waals surface area contributed by atoms with E-state index < -0.39 is 0 Å². The van der Waals surface area contributed by atoms with Gasteiger partial charge in [-0.25, -0.2) is 9.97 Å². The highest BCUT2D eigenvalue weighted by Gasteiger charge is 2.25.